The molecule has 2 aromatic carbocycles. The largest absolute Gasteiger partial charge is 0.445 e. The van der Waals surface area contributed by atoms with E-state index in [2.05, 4.69) is 15.5 Å². The molecule has 0 radical (unpaired) electrons. The van der Waals surface area contributed by atoms with Crippen LogP contribution in [0.25, 0.3) is 5.65 Å². The molecule has 6 rings (SSSR count). The number of fused-ring (bicyclic) bond motifs is 2. The van der Waals surface area contributed by atoms with Gasteiger partial charge < -0.3 is 29.9 Å². The molecular formula is C37H45N7O5. The molecule has 0 bridgehead atoms. The molecule has 2 aliphatic rings. The first-order chi connectivity index (χ1) is 23.3. The molecule has 1 aliphatic heterocycles. The van der Waals surface area contributed by atoms with Crippen molar-refractivity contribution in [1.82, 2.24) is 30.1 Å². The minimum Gasteiger partial charge on any atom is -0.445 e. The summed E-state index contributed by atoms with van der Waals surface area (Å²) in [7, 11) is 1.74. The third-order valence-corrected chi connectivity index (χ3v) is 9.30. The number of likely N-dealkylation sites (N-methyl/N-ethyl adjacent to an activating group) is 1. The van der Waals surface area contributed by atoms with Gasteiger partial charge in [0.25, 0.3) is 5.91 Å². The zero-order valence-corrected chi connectivity index (χ0v) is 29.0. The summed E-state index contributed by atoms with van der Waals surface area (Å²) < 4.78 is 12.7. The molecule has 1 fully saturated rings. The van der Waals surface area contributed by atoms with Gasteiger partial charge in [-0.2, -0.15) is 5.10 Å². The van der Waals surface area contributed by atoms with Gasteiger partial charge in [-0.15, -0.1) is 0 Å². The molecular weight excluding hydrogens is 622 g/mol. The van der Waals surface area contributed by atoms with Crippen LogP contribution in [0, 0.1) is 6.92 Å². The second-order valence-corrected chi connectivity index (χ2v) is 14.0. The zero-order valence-electron chi connectivity index (χ0n) is 29.0. The summed E-state index contributed by atoms with van der Waals surface area (Å²) in [5.74, 6) is 0.577. The van der Waals surface area contributed by atoms with E-state index in [0.29, 0.717) is 30.7 Å². The topological polar surface area (TPSA) is 130 Å². The van der Waals surface area contributed by atoms with E-state index in [-0.39, 0.29) is 18.6 Å². The van der Waals surface area contributed by atoms with Crippen molar-refractivity contribution >= 4 is 29.6 Å². The molecule has 3 amide bonds. The Morgan fingerprint density at radius 3 is 2.57 bits per heavy atom. The van der Waals surface area contributed by atoms with Crippen molar-refractivity contribution < 1.29 is 23.9 Å². The molecule has 1 aliphatic carbocycles. The molecule has 258 valence electrons. The highest BCUT2D eigenvalue weighted by Gasteiger charge is 2.49. The lowest BCUT2D eigenvalue weighted by atomic mass is 9.89. The lowest BCUT2D eigenvalue weighted by Crippen LogP contribution is -2.56. The van der Waals surface area contributed by atoms with Gasteiger partial charge >= 0.3 is 12.2 Å². The third-order valence-electron chi connectivity index (χ3n) is 9.30. The SMILES string of the molecule is Cc1cn2nc([C@H](C)N(C)C(=O)C3(NC(=O)OCc4ccccc4)CCc4ccccc43)cc2nc1N1CC[C@H](NC(=O)OC(C)(C)C)C1. The van der Waals surface area contributed by atoms with Gasteiger partial charge in [0, 0.05) is 38.0 Å². The predicted molar refractivity (Wildman–Crippen MR) is 185 cm³/mol. The first-order valence-electron chi connectivity index (χ1n) is 16.8. The molecule has 0 saturated carbocycles. The van der Waals surface area contributed by atoms with Crippen molar-refractivity contribution in [3.05, 3.63) is 94.8 Å². The number of amides is 3. The van der Waals surface area contributed by atoms with Crippen LogP contribution in [-0.2, 0) is 32.8 Å². The predicted octanol–water partition coefficient (Wildman–Crippen LogP) is 5.43. The molecule has 1 saturated heterocycles. The quantitative estimate of drug-likeness (QED) is 0.255. The molecule has 2 N–H and O–H groups in total. The third kappa shape index (κ3) is 7.18. The van der Waals surface area contributed by atoms with Crippen molar-refractivity contribution in [2.24, 2.45) is 0 Å². The van der Waals surface area contributed by atoms with Crippen LogP contribution in [0.3, 0.4) is 0 Å². The van der Waals surface area contributed by atoms with Gasteiger partial charge in [0.2, 0.25) is 0 Å². The van der Waals surface area contributed by atoms with Crippen LogP contribution in [0.15, 0.2) is 66.9 Å². The van der Waals surface area contributed by atoms with Gasteiger partial charge in [-0.25, -0.2) is 19.1 Å². The number of hydrogen-bond acceptors (Lipinski definition) is 8. The standard InChI is InChI=1S/C37H45N7O5/c1-24-21-44-31(39-32(24)43-19-17-28(22-43)38-34(46)49-36(3,4)5)20-30(41-44)25(2)42(6)33(45)37(18-16-27-14-10-11-15-29(27)37)40-35(47)48-23-26-12-8-7-9-13-26/h7-15,20-21,25,28H,16-19,22-23H2,1-6H3,(H,38,46)(H,40,47)/t25-,28-,37?/m0/s1. The molecule has 4 aromatic rings. The molecule has 49 heavy (non-hydrogen) atoms. The van der Waals surface area contributed by atoms with Gasteiger partial charge in [0.15, 0.2) is 5.65 Å². The Bertz CT molecular complexity index is 1850. The van der Waals surface area contributed by atoms with Gasteiger partial charge in [-0.1, -0.05) is 54.6 Å². The fourth-order valence-electron chi connectivity index (χ4n) is 6.71. The molecule has 1 unspecified atom stereocenters. The highest BCUT2D eigenvalue weighted by Crippen LogP contribution is 2.40. The van der Waals surface area contributed by atoms with Crippen LogP contribution in [0.1, 0.15) is 74.5 Å². The van der Waals surface area contributed by atoms with E-state index in [9.17, 15) is 14.4 Å². The van der Waals surface area contributed by atoms with Crippen molar-refractivity contribution in [3.8, 4) is 0 Å². The molecule has 2 aromatic heterocycles. The maximum Gasteiger partial charge on any atom is 0.408 e. The summed E-state index contributed by atoms with van der Waals surface area (Å²) in [5, 5.41) is 10.8. The number of anilines is 1. The van der Waals surface area contributed by atoms with Crippen molar-refractivity contribution in [3.63, 3.8) is 0 Å². The van der Waals surface area contributed by atoms with E-state index in [1.165, 1.54) is 0 Å². The number of aromatic nitrogens is 3. The van der Waals surface area contributed by atoms with E-state index in [1.807, 2.05) is 101 Å². The highest BCUT2D eigenvalue weighted by molar-refractivity contribution is 5.92. The van der Waals surface area contributed by atoms with E-state index < -0.39 is 29.4 Å². The van der Waals surface area contributed by atoms with E-state index in [0.717, 1.165) is 41.0 Å². The normalized spacial score (nSPS) is 19.3. The molecule has 3 heterocycles. The molecule has 12 nitrogen and oxygen atoms in total. The Labute approximate surface area is 286 Å². The number of alkyl carbamates (subject to hydrolysis) is 2. The van der Waals surface area contributed by atoms with Gasteiger partial charge in [-0.3, -0.25) is 4.79 Å². The zero-order chi connectivity index (χ0) is 34.9. The van der Waals surface area contributed by atoms with Gasteiger partial charge in [0.05, 0.1) is 17.8 Å². The van der Waals surface area contributed by atoms with E-state index >= 15 is 0 Å². The number of rotatable bonds is 8. The number of carbonyl (C=O) groups excluding carboxylic acids is 3. The summed E-state index contributed by atoms with van der Waals surface area (Å²) >= 11 is 0. The van der Waals surface area contributed by atoms with Gasteiger partial charge in [0.1, 0.15) is 23.6 Å². The fraction of sp³-hybridized carbons (Fsp3) is 0.432. The summed E-state index contributed by atoms with van der Waals surface area (Å²) in [6, 6.07) is 18.6. The van der Waals surface area contributed by atoms with Crippen LogP contribution in [0.4, 0.5) is 15.4 Å². The Morgan fingerprint density at radius 2 is 1.82 bits per heavy atom. The second kappa shape index (κ2) is 13.4. The summed E-state index contributed by atoms with van der Waals surface area (Å²) in [6.45, 7) is 10.9. The maximum atomic E-state index is 14.5. The smallest absolute Gasteiger partial charge is 0.408 e. The second-order valence-electron chi connectivity index (χ2n) is 14.0. The van der Waals surface area contributed by atoms with Crippen LogP contribution >= 0.6 is 0 Å². The minimum absolute atomic E-state index is 0.0512. The van der Waals surface area contributed by atoms with E-state index in [1.54, 1.807) is 16.5 Å². The van der Waals surface area contributed by atoms with Crippen LogP contribution < -0.4 is 15.5 Å². The summed E-state index contributed by atoms with van der Waals surface area (Å²) in [4.78, 5) is 48.8. The first-order valence-corrected chi connectivity index (χ1v) is 16.8. The Kier molecular flexibility index (Phi) is 9.24. The van der Waals surface area contributed by atoms with Crippen LogP contribution in [-0.4, -0.2) is 69.4 Å². The monoisotopic (exact) mass is 667 g/mol. The minimum atomic E-state index is -1.28. The fourth-order valence-corrected chi connectivity index (χ4v) is 6.71. The van der Waals surface area contributed by atoms with Crippen molar-refractivity contribution in [2.45, 2.75) is 83.7 Å². The molecule has 3 atom stereocenters. The lowest BCUT2D eigenvalue weighted by Gasteiger charge is -2.36. The number of ether oxygens (including phenoxy) is 2. The van der Waals surface area contributed by atoms with Crippen molar-refractivity contribution in [2.75, 3.05) is 25.0 Å². The first kappa shape index (κ1) is 33.8. The van der Waals surface area contributed by atoms with Crippen LogP contribution in [0.2, 0.25) is 0 Å². The average Bonchev–Trinajstić information content (AvgIpc) is 3.79. The van der Waals surface area contributed by atoms with E-state index in [4.69, 9.17) is 19.6 Å². The number of nitrogens with one attached hydrogen (secondary N) is 2. The van der Waals surface area contributed by atoms with Crippen molar-refractivity contribution in [1.29, 1.82) is 0 Å². The Balaban J connectivity index is 1.19. The number of aryl methyl sites for hydroxylation is 2. The maximum absolute atomic E-state index is 14.5. The molecule has 0 spiro atoms. The Hall–Kier alpha value is -5.13. The number of carbonyl (C=O) groups is 3. The number of benzene rings is 2. The molecule has 12 heteroatoms. The summed E-state index contributed by atoms with van der Waals surface area (Å²) in [6.07, 6.45) is 2.70. The average molecular weight is 668 g/mol. The van der Waals surface area contributed by atoms with Gasteiger partial charge in [-0.05, 0) is 70.6 Å². The highest BCUT2D eigenvalue weighted by atomic mass is 16.6. The lowest BCUT2D eigenvalue weighted by molar-refractivity contribution is -0.139. The number of nitrogens with zero attached hydrogens (tertiary/aromatic N) is 5. The summed E-state index contributed by atoms with van der Waals surface area (Å²) in [5.41, 5.74) is 3.06. The van der Waals surface area contributed by atoms with Crippen LogP contribution in [0.5, 0.6) is 0 Å². The number of hydrogen-bond donors (Lipinski definition) is 2. The Morgan fingerprint density at radius 1 is 1.08 bits per heavy atom.